The van der Waals surface area contributed by atoms with E-state index in [9.17, 15) is 9.59 Å². The van der Waals surface area contributed by atoms with Gasteiger partial charge in [0.25, 0.3) is 0 Å². The van der Waals surface area contributed by atoms with Crippen LogP contribution in [-0.4, -0.2) is 29.3 Å². The molecule has 1 N–H and O–H groups in total. The minimum Gasteiger partial charge on any atom is -0.353 e. The number of hydrogen-bond acceptors (Lipinski definition) is 3. The molecular formula is C14H18N2O2S. The molecule has 1 aromatic rings. The number of rotatable bonds is 4. The van der Waals surface area contributed by atoms with Gasteiger partial charge in [0.05, 0.1) is 0 Å². The van der Waals surface area contributed by atoms with Crippen molar-refractivity contribution < 1.29 is 9.59 Å². The Kier molecular flexibility index (Phi) is 3.55. The second-order valence-corrected chi connectivity index (χ2v) is 6.28. The average molecular weight is 278 g/mol. The highest BCUT2D eigenvalue weighted by molar-refractivity contribution is 7.10. The van der Waals surface area contributed by atoms with Gasteiger partial charge in [0.15, 0.2) is 0 Å². The molecule has 4 nitrogen and oxygen atoms in total. The van der Waals surface area contributed by atoms with Crippen molar-refractivity contribution in [2.24, 2.45) is 0 Å². The van der Waals surface area contributed by atoms with E-state index in [1.807, 2.05) is 4.90 Å². The van der Waals surface area contributed by atoms with Crippen molar-refractivity contribution in [3.8, 4) is 0 Å². The summed E-state index contributed by atoms with van der Waals surface area (Å²) in [7, 11) is 0. The van der Waals surface area contributed by atoms with Crippen LogP contribution in [0.25, 0.3) is 0 Å². The molecule has 0 bridgehead atoms. The van der Waals surface area contributed by atoms with Gasteiger partial charge < -0.3 is 10.2 Å². The molecule has 1 saturated carbocycles. The van der Waals surface area contributed by atoms with Crippen molar-refractivity contribution >= 4 is 23.2 Å². The Bertz CT molecular complexity index is 493. The smallest absolute Gasteiger partial charge is 0.223 e. The van der Waals surface area contributed by atoms with E-state index in [1.165, 1.54) is 10.4 Å². The molecule has 5 heteroatoms. The summed E-state index contributed by atoms with van der Waals surface area (Å²) in [5, 5.41) is 5.00. The predicted octanol–water partition coefficient (Wildman–Crippen LogP) is 1.69. The summed E-state index contributed by atoms with van der Waals surface area (Å²) >= 11 is 1.77. The molecule has 1 aliphatic heterocycles. The summed E-state index contributed by atoms with van der Waals surface area (Å²) in [4.78, 5) is 26.9. The molecule has 2 heterocycles. The maximum Gasteiger partial charge on any atom is 0.223 e. The molecule has 3 rings (SSSR count). The first-order valence-electron chi connectivity index (χ1n) is 6.85. The van der Waals surface area contributed by atoms with Crippen LogP contribution >= 0.6 is 11.3 Å². The van der Waals surface area contributed by atoms with Crippen molar-refractivity contribution in [1.82, 2.24) is 10.2 Å². The Labute approximate surface area is 116 Å². The minimum absolute atomic E-state index is 0.0177. The predicted molar refractivity (Wildman–Crippen MR) is 73.8 cm³/mol. The number of carbonyl (C=O) groups is 2. The summed E-state index contributed by atoms with van der Waals surface area (Å²) in [5.41, 5.74) is 1.27. The number of nitrogens with one attached hydrogen (secondary N) is 1. The molecular weight excluding hydrogens is 260 g/mol. The van der Waals surface area contributed by atoms with Crippen LogP contribution in [0.1, 0.15) is 36.1 Å². The molecule has 2 amide bonds. The second kappa shape index (κ2) is 5.33. The number of nitrogens with zero attached hydrogens (tertiary/aromatic N) is 1. The summed E-state index contributed by atoms with van der Waals surface area (Å²) in [6.07, 6.45) is 3.78. The molecule has 0 unspecified atom stereocenters. The molecule has 0 atom stereocenters. The molecule has 1 fully saturated rings. The lowest BCUT2D eigenvalue weighted by atomic mass is 10.1. The van der Waals surface area contributed by atoms with Crippen molar-refractivity contribution in [3.63, 3.8) is 0 Å². The minimum atomic E-state index is 0.0177. The fourth-order valence-corrected chi connectivity index (χ4v) is 3.26. The largest absolute Gasteiger partial charge is 0.353 e. The summed E-state index contributed by atoms with van der Waals surface area (Å²) in [5.74, 6) is 0.117. The Morgan fingerprint density at radius 1 is 1.37 bits per heavy atom. The standard InChI is InChI=1S/C14H18N2O2S/c17-13(15-11-1-2-11)3-4-14(18)16-7-5-12-10(9-16)6-8-19-12/h6,8,11H,1-5,7,9H2,(H,15,17). The fraction of sp³-hybridized carbons (Fsp3) is 0.571. The van der Waals surface area contributed by atoms with E-state index in [2.05, 4.69) is 16.8 Å². The average Bonchev–Trinajstić information content (AvgIpc) is 3.09. The van der Waals surface area contributed by atoms with Gasteiger partial charge in [-0.2, -0.15) is 0 Å². The maximum atomic E-state index is 12.1. The lowest BCUT2D eigenvalue weighted by Gasteiger charge is -2.27. The highest BCUT2D eigenvalue weighted by atomic mass is 32.1. The lowest BCUT2D eigenvalue weighted by molar-refractivity contribution is -0.134. The van der Waals surface area contributed by atoms with Crippen LogP contribution in [0.5, 0.6) is 0 Å². The molecule has 0 radical (unpaired) electrons. The van der Waals surface area contributed by atoms with Crippen LogP contribution in [0.2, 0.25) is 0 Å². The number of thiophene rings is 1. The topological polar surface area (TPSA) is 49.4 Å². The van der Waals surface area contributed by atoms with E-state index in [1.54, 1.807) is 11.3 Å². The normalized spacial score (nSPS) is 18.0. The summed E-state index contributed by atoms with van der Waals surface area (Å²) < 4.78 is 0. The quantitative estimate of drug-likeness (QED) is 0.911. The Morgan fingerprint density at radius 2 is 2.21 bits per heavy atom. The third-order valence-electron chi connectivity index (χ3n) is 3.67. The van der Waals surface area contributed by atoms with E-state index < -0.39 is 0 Å². The van der Waals surface area contributed by atoms with Gasteiger partial charge in [0.2, 0.25) is 11.8 Å². The van der Waals surface area contributed by atoms with Crippen LogP contribution in [0.15, 0.2) is 11.4 Å². The number of fused-ring (bicyclic) bond motifs is 1. The maximum absolute atomic E-state index is 12.1. The zero-order chi connectivity index (χ0) is 13.2. The van der Waals surface area contributed by atoms with E-state index in [0.29, 0.717) is 25.4 Å². The SMILES string of the molecule is O=C(CCC(=O)N1CCc2sccc2C1)NC1CC1. The van der Waals surface area contributed by atoms with Gasteiger partial charge in [-0.15, -0.1) is 11.3 Å². The first kappa shape index (κ1) is 12.7. The van der Waals surface area contributed by atoms with Gasteiger partial charge in [-0.3, -0.25) is 9.59 Å². The van der Waals surface area contributed by atoms with Gasteiger partial charge in [0.1, 0.15) is 0 Å². The number of amides is 2. The Balaban J connectivity index is 1.47. The summed E-state index contributed by atoms with van der Waals surface area (Å²) in [6.45, 7) is 1.50. The third kappa shape index (κ3) is 3.15. The molecule has 0 saturated heterocycles. The molecule has 1 aromatic heterocycles. The molecule has 0 aromatic carbocycles. The van der Waals surface area contributed by atoms with Crippen molar-refractivity contribution in [3.05, 3.63) is 21.9 Å². The molecule has 2 aliphatic rings. The Hall–Kier alpha value is -1.36. The fourth-order valence-electron chi connectivity index (χ4n) is 2.37. The van der Waals surface area contributed by atoms with Gasteiger partial charge >= 0.3 is 0 Å². The van der Waals surface area contributed by atoms with E-state index in [0.717, 1.165) is 25.8 Å². The van der Waals surface area contributed by atoms with Gasteiger partial charge in [-0.05, 0) is 36.3 Å². The zero-order valence-electron chi connectivity index (χ0n) is 10.9. The van der Waals surface area contributed by atoms with Crippen molar-refractivity contribution in [2.45, 2.75) is 44.7 Å². The van der Waals surface area contributed by atoms with Crippen LogP contribution in [0.3, 0.4) is 0 Å². The number of carbonyl (C=O) groups excluding carboxylic acids is 2. The van der Waals surface area contributed by atoms with Gasteiger partial charge in [-0.1, -0.05) is 0 Å². The highest BCUT2D eigenvalue weighted by Gasteiger charge is 2.25. The second-order valence-electron chi connectivity index (χ2n) is 5.28. The van der Waals surface area contributed by atoms with Crippen LogP contribution in [-0.2, 0) is 22.6 Å². The van der Waals surface area contributed by atoms with E-state index in [4.69, 9.17) is 0 Å². The zero-order valence-corrected chi connectivity index (χ0v) is 11.7. The third-order valence-corrected chi connectivity index (χ3v) is 4.69. The molecule has 1 aliphatic carbocycles. The molecule has 102 valence electrons. The van der Waals surface area contributed by atoms with Gasteiger partial charge in [0, 0.05) is 36.9 Å². The highest BCUT2D eigenvalue weighted by Crippen LogP contribution is 2.24. The Morgan fingerprint density at radius 3 is 3.00 bits per heavy atom. The lowest BCUT2D eigenvalue weighted by Crippen LogP contribution is -2.36. The van der Waals surface area contributed by atoms with E-state index in [-0.39, 0.29) is 11.8 Å². The van der Waals surface area contributed by atoms with Gasteiger partial charge in [-0.25, -0.2) is 0 Å². The van der Waals surface area contributed by atoms with Crippen molar-refractivity contribution in [1.29, 1.82) is 0 Å². The summed E-state index contributed by atoms with van der Waals surface area (Å²) in [6, 6.07) is 2.48. The monoisotopic (exact) mass is 278 g/mol. The number of hydrogen-bond donors (Lipinski definition) is 1. The van der Waals surface area contributed by atoms with Crippen LogP contribution in [0.4, 0.5) is 0 Å². The van der Waals surface area contributed by atoms with Crippen LogP contribution in [0, 0.1) is 0 Å². The first-order chi connectivity index (χ1) is 9.22. The van der Waals surface area contributed by atoms with E-state index >= 15 is 0 Å². The first-order valence-corrected chi connectivity index (χ1v) is 7.73. The van der Waals surface area contributed by atoms with Crippen LogP contribution < -0.4 is 5.32 Å². The molecule has 0 spiro atoms. The molecule has 19 heavy (non-hydrogen) atoms. The van der Waals surface area contributed by atoms with Crippen molar-refractivity contribution in [2.75, 3.05) is 6.54 Å².